The first-order valence-corrected chi connectivity index (χ1v) is 7.14. The van der Waals surface area contributed by atoms with Crippen LogP contribution in [0.25, 0.3) is 0 Å². The van der Waals surface area contributed by atoms with E-state index in [1.165, 1.54) is 38.5 Å². The molecular weight excluding hydrogens is 286 g/mol. The Labute approximate surface area is 111 Å². The normalized spacial score (nSPS) is 18.1. The fourth-order valence-electron chi connectivity index (χ4n) is 2.25. The van der Waals surface area contributed by atoms with E-state index in [0.29, 0.717) is 6.04 Å². The first-order chi connectivity index (χ1) is 7.75. The van der Waals surface area contributed by atoms with Crippen molar-refractivity contribution in [2.24, 2.45) is 0 Å². The van der Waals surface area contributed by atoms with Crippen LogP contribution in [-0.4, -0.2) is 6.04 Å². The van der Waals surface area contributed by atoms with E-state index < -0.39 is 0 Å². The van der Waals surface area contributed by atoms with Gasteiger partial charge in [-0.25, -0.2) is 0 Å². The van der Waals surface area contributed by atoms with Crippen LogP contribution in [0.2, 0.25) is 5.02 Å². The number of benzene rings is 1. The van der Waals surface area contributed by atoms with Crippen LogP contribution in [0.4, 0.5) is 5.69 Å². The molecule has 0 bridgehead atoms. The average molecular weight is 303 g/mol. The molecule has 3 heteroatoms. The number of hydrogen-bond donors (Lipinski definition) is 1. The van der Waals surface area contributed by atoms with Gasteiger partial charge in [0.25, 0.3) is 0 Å². The second kappa shape index (κ2) is 5.92. The van der Waals surface area contributed by atoms with Crippen LogP contribution in [0, 0.1) is 0 Å². The molecule has 1 aromatic rings. The molecule has 88 valence electrons. The third-order valence-electron chi connectivity index (χ3n) is 3.14. The van der Waals surface area contributed by atoms with E-state index in [1.807, 2.05) is 18.2 Å². The average Bonchev–Trinajstić information content (AvgIpc) is 2.52. The summed E-state index contributed by atoms with van der Waals surface area (Å²) in [6, 6.07) is 6.51. The van der Waals surface area contributed by atoms with Gasteiger partial charge in [0.2, 0.25) is 0 Å². The summed E-state index contributed by atoms with van der Waals surface area (Å²) in [4.78, 5) is 0. The first kappa shape index (κ1) is 12.3. The molecule has 0 unspecified atom stereocenters. The zero-order chi connectivity index (χ0) is 11.4. The molecule has 1 aliphatic rings. The Balaban J connectivity index is 2.04. The van der Waals surface area contributed by atoms with Gasteiger partial charge in [0, 0.05) is 15.5 Å². The molecule has 1 nitrogen and oxygen atoms in total. The van der Waals surface area contributed by atoms with Crippen molar-refractivity contribution >= 4 is 33.2 Å². The lowest BCUT2D eigenvalue weighted by atomic mass is 10.1. The molecule has 0 atom stereocenters. The molecule has 1 aliphatic carbocycles. The van der Waals surface area contributed by atoms with Crippen molar-refractivity contribution in [3.8, 4) is 0 Å². The molecule has 2 rings (SSSR count). The minimum Gasteiger partial charge on any atom is -0.381 e. The Morgan fingerprint density at radius 1 is 1.12 bits per heavy atom. The lowest BCUT2D eigenvalue weighted by Crippen LogP contribution is -2.18. The molecule has 0 saturated heterocycles. The highest BCUT2D eigenvalue weighted by Gasteiger charge is 2.13. The molecule has 16 heavy (non-hydrogen) atoms. The van der Waals surface area contributed by atoms with Crippen LogP contribution in [0.1, 0.15) is 38.5 Å². The van der Waals surface area contributed by atoms with Gasteiger partial charge in [0.05, 0.1) is 5.69 Å². The minimum absolute atomic E-state index is 0.609. The number of anilines is 1. The maximum absolute atomic E-state index is 6.01. The molecule has 0 radical (unpaired) electrons. The fourth-order valence-corrected chi connectivity index (χ4v) is 2.78. The maximum atomic E-state index is 6.01. The fraction of sp³-hybridized carbons (Fsp3) is 0.538. The standard InChI is InChI=1S/C13H17BrClN/c14-12-8-7-10(15)9-13(12)16-11-5-3-1-2-4-6-11/h7-9,11,16H,1-6H2. The number of rotatable bonds is 2. The smallest absolute Gasteiger partial charge is 0.0501 e. The third-order valence-corrected chi connectivity index (χ3v) is 4.07. The van der Waals surface area contributed by atoms with Crippen molar-refractivity contribution in [1.29, 1.82) is 0 Å². The second-order valence-electron chi connectivity index (χ2n) is 4.46. The molecule has 0 amide bonds. The predicted molar refractivity (Wildman–Crippen MR) is 74.3 cm³/mol. The van der Waals surface area contributed by atoms with Crippen LogP contribution < -0.4 is 5.32 Å². The Kier molecular flexibility index (Phi) is 4.54. The number of hydrogen-bond acceptors (Lipinski definition) is 1. The van der Waals surface area contributed by atoms with Crippen molar-refractivity contribution in [3.63, 3.8) is 0 Å². The third kappa shape index (κ3) is 3.39. The number of halogens is 2. The quantitative estimate of drug-likeness (QED) is 0.737. The van der Waals surface area contributed by atoms with Crippen LogP contribution in [0.15, 0.2) is 22.7 Å². The van der Waals surface area contributed by atoms with Crippen molar-refractivity contribution in [1.82, 2.24) is 0 Å². The van der Waals surface area contributed by atoms with Crippen LogP contribution in [-0.2, 0) is 0 Å². The summed E-state index contributed by atoms with van der Waals surface area (Å²) in [5.41, 5.74) is 1.12. The van der Waals surface area contributed by atoms with E-state index in [1.54, 1.807) is 0 Å². The first-order valence-electron chi connectivity index (χ1n) is 5.97. The van der Waals surface area contributed by atoms with Gasteiger partial charge in [0.15, 0.2) is 0 Å². The highest BCUT2D eigenvalue weighted by atomic mass is 79.9. The van der Waals surface area contributed by atoms with Gasteiger partial charge < -0.3 is 5.32 Å². The highest BCUT2D eigenvalue weighted by molar-refractivity contribution is 9.10. The summed E-state index contributed by atoms with van der Waals surface area (Å²) < 4.78 is 1.10. The molecule has 0 aromatic heterocycles. The lowest BCUT2D eigenvalue weighted by molar-refractivity contribution is 0.620. The van der Waals surface area contributed by atoms with E-state index >= 15 is 0 Å². The van der Waals surface area contributed by atoms with Gasteiger partial charge in [0.1, 0.15) is 0 Å². The van der Waals surface area contributed by atoms with E-state index in [-0.39, 0.29) is 0 Å². The zero-order valence-electron chi connectivity index (χ0n) is 9.31. The lowest BCUT2D eigenvalue weighted by Gasteiger charge is -2.18. The van der Waals surface area contributed by atoms with Gasteiger partial charge in [-0.2, -0.15) is 0 Å². The van der Waals surface area contributed by atoms with Crippen LogP contribution in [0.3, 0.4) is 0 Å². The molecule has 1 fully saturated rings. The van der Waals surface area contributed by atoms with Crippen molar-refractivity contribution in [2.75, 3.05) is 5.32 Å². The van der Waals surface area contributed by atoms with Crippen molar-refractivity contribution in [2.45, 2.75) is 44.6 Å². The molecule has 0 aliphatic heterocycles. The second-order valence-corrected chi connectivity index (χ2v) is 5.75. The van der Waals surface area contributed by atoms with Crippen molar-refractivity contribution < 1.29 is 0 Å². The monoisotopic (exact) mass is 301 g/mol. The van der Waals surface area contributed by atoms with Gasteiger partial charge in [-0.3, -0.25) is 0 Å². The Morgan fingerprint density at radius 3 is 2.50 bits per heavy atom. The minimum atomic E-state index is 0.609. The van der Waals surface area contributed by atoms with Gasteiger partial charge >= 0.3 is 0 Å². The molecule has 1 N–H and O–H groups in total. The summed E-state index contributed by atoms with van der Waals surface area (Å²) in [7, 11) is 0. The SMILES string of the molecule is Clc1ccc(Br)c(NC2CCCCCC2)c1. The number of nitrogens with one attached hydrogen (secondary N) is 1. The molecular formula is C13H17BrClN. The molecule has 0 spiro atoms. The molecule has 1 aromatic carbocycles. The molecule has 1 saturated carbocycles. The Morgan fingerprint density at radius 2 is 1.81 bits per heavy atom. The zero-order valence-corrected chi connectivity index (χ0v) is 11.6. The van der Waals surface area contributed by atoms with Gasteiger partial charge in [-0.05, 0) is 47.0 Å². The Hall–Kier alpha value is -0.210. The van der Waals surface area contributed by atoms with Gasteiger partial charge in [-0.1, -0.05) is 37.3 Å². The Bertz CT molecular complexity index is 346. The van der Waals surface area contributed by atoms with E-state index in [4.69, 9.17) is 11.6 Å². The van der Waals surface area contributed by atoms with E-state index in [9.17, 15) is 0 Å². The summed E-state index contributed by atoms with van der Waals surface area (Å²) in [5, 5.41) is 4.39. The van der Waals surface area contributed by atoms with Crippen molar-refractivity contribution in [3.05, 3.63) is 27.7 Å². The maximum Gasteiger partial charge on any atom is 0.0501 e. The topological polar surface area (TPSA) is 12.0 Å². The summed E-state index contributed by atoms with van der Waals surface area (Å²) >= 11 is 9.56. The van der Waals surface area contributed by atoms with Gasteiger partial charge in [-0.15, -0.1) is 0 Å². The summed E-state index contributed by atoms with van der Waals surface area (Å²) in [6.45, 7) is 0. The predicted octanol–water partition coefficient (Wildman–Crippen LogP) is 5.24. The summed E-state index contributed by atoms with van der Waals surface area (Å²) in [6.07, 6.45) is 8.01. The van der Waals surface area contributed by atoms with Crippen LogP contribution in [0.5, 0.6) is 0 Å². The largest absolute Gasteiger partial charge is 0.381 e. The highest BCUT2D eigenvalue weighted by Crippen LogP contribution is 2.29. The van der Waals surface area contributed by atoms with Crippen LogP contribution >= 0.6 is 27.5 Å². The summed E-state index contributed by atoms with van der Waals surface area (Å²) in [5.74, 6) is 0. The van der Waals surface area contributed by atoms with E-state index in [2.05, 4.69) is 21.2 Å². The van der Waals surface area contributed by atoms with E-state index in [0.717, 1.165) is 15.2 Å². The molecule has 0 heterocycles.